The zero-order valence-corrected chi connectivity index (χ0v) is 16.5. The highest BCUT2D eigenvalue weighted by atomic mass is 35.5. The Morgan fingerprint density at radius 2 is 2.07 bits per heavy atom. The molecule has 1 saturated carbocycles. The van der Waals surface area contributed by atoms with Gasteiger partial charge < -0.3 is 15.2 Å². The summed E-state index contributed by atoms with van der Waals surface area (Å²) in [4.78, 5) is 20.3. The number of carbonyl (C=O) groups is 1. The molecule has 29 heavy (non-hydrogen) atoms. The fourth-order valence-corrected chi connectivity index (χ4v) is 5.09. The van der Waals surface area contributed by atoms with E-state index in [0.29, 0.717) is 25.9 Å². The summed E-state index contributed by atoms with van der Waals surface area (Å²) >= 11 is 5.74. The summed E-state index contributed by atoms with van der Waals surface area (Å²) in [6, 6.07) is 3.95. The van der Waals surface area contributed by atoms with E-state index >= 15 is 0 Å². The summed E-state index contributed by atoms with van der Waals surface area (Å²) in [5.41, 5.74) is -1.92. The van der Waals surface area contributed by atoms with E-state index in [1.807, 2.05) is 6.92 Å². The number of ether oxygens (including phenoxy) is 1. The van der Waals surface area contributed by atoms with Gasteiger partial charge >= 0.3 is 12.0 Å². The molecule has 0 amide bonds. The number of hydrogen-bond donors (Lipinski definition) is 2. The molecule has 2 atom stereocenters. The summed E-state index contributed by atoms with van der Waals surface area (Å²) < 4.78 is 34.1. The van der Waals surface area contributed by atoms with E-state index in [0.717, 1.165) is 12.3 Å². The van der Waals surface area contributed by atoms with Crippen LogP contribution < -0.4 is 10.1 Å². The average molecular weight is 424 g/mol. The molecule has 1 spiro atoms. The number of aliphatic carboxylic acids is 1. The molecule has 2 unspecified atom stereocenters. The van der Waals surface area contributed by atoms with Crippen molar-refractivity contribution in [1.82, 2.24) is 15.3 Å². The third-order valence-electron chi connectivity index (χ3n) is 6.48. The lowest BCUT2D eigenvalue weighted by Crippen LogP contribution is -2.37. The Hall–Kier alpha value is -2.32. The molecule has 0 bridgehead atoms. The first-order chi connectivity index (χ1) is 13.8. The third-order valence-corrected chi connectivity index (χ3v) is 6.72. The average Bonchev–Trinajstić information content (AvgIpc) is 3.20. The normalized spacial score (nSPS) is 25.0. The predicted molar refractivity (Wildman–Crippen MR) is 101 cm³/mol. The van der Waals surface area contributed by atoms with Crippen LogP contribution in [0.3, 0.4) is 0 Å². The van der Waals surface area contributed by atoms with Crippen LogP contribution in [0.5, 0.6) is 6.01 Å². The van der Waals surface area contributed by atoms with Gasteiger partial charge in [0.25, 0.3) is 0 Å². The molecule has 0 radical (unpaired) electrons. The van der Waals surface area contributed by atoms with Crippen LogP contribution in [0.4, 0.5) is 8.78 Å². The second-order valence-corrected chi connectivity index (χ2v) is 8.05. The number of hydrogen-bond acceptors (Lipinski definition) is 5. The maximum Gasteiger partial charge on any atom is 0.317 e. The largest absolute Gasteiger partial charge is 0.481 e. The summed E-state index contributed by atoms with van der Waals surface area (Å²) in [5, 5.41) is 13.5. The van der Waals surface area contributed by atoms with E-state index in [-0.39, 0.29) is 34.8 Å². The molecule has 154 valence electrons. The molecular weight excluding hydrogens is 404 g/mol. The molecule has 1 aliphatic carbocycles. The van der Waals surface area contributed by atoms with Crippen LogP contribution >= 0.6 is 11.6 Å². The van der Waals surface area contributed by atoms with Crippen LogP contribution in [0.2, 0.25) is 5.02 Å². The van der Waals surface area contributed by atoms with Crippen molar-refractivity contribution in [1.29, 1.82) is 0 Å². The molecule has 2 fully saturated rings. The van der Waals surface area contributed by atoms with Crippen molar-refractivity contribution in [3.8, 4) is 6.01 Å². The van der Waals surface area contributed by atoms with E-state index in [1.165, 1.54) is 12.1 Å². The van der Waals surface area contributed by atoms with Crippen molar-refractivity contribution in [3.05, 3.63) is 52.3 Å². The molecule has 9 heteroatoms. The maximum absolute atomic E-state index is 14.7. The lowest BCUT2D eigenvalue weighted by molar-refractivity contribution is -0.141. The van der Waals surface area contributed by atoms with E-state index < -0.39 is 28.4 Å². The molecule has 1 saturated heterocycles. The number of benzene rings is 1. The smallest absolute Gasteiger partial charge is 0.317 e. The van der Waals surface area contributed by atoms with E-state index in [1.54, 1.807) is 0 Å². The number of halogens is 3. The highest BCUT2D eigenvalue weighted by molar-refractivity contribution is 6.30. The lowest BCUT2D eigenvalue weighted by atomic mass is 9.82. The zero-order valence-electron chi connectivity index (χ0n) is 15.7. The highest BCUT2D eigenvalue weighted by Crippen LogP contribution is 2.73. The quantitative estimate of drug-likeness (QED) is 0.767. The fraction of sp³-hybridized carbons (Fsp3) is 0.450. The number of carboxylic acid groups (broad SMARTS) is 1. The minimum atomic E-state index is -1.42. The van der Waals surface area contributed by atoms with Gasteiger partial charge in [0.2, 0.25) is 0 Å². The van der Waals surface area contributed by atoms with E-state index in [9.17, 15) is 18.7 Å². The fourth-order valence-electron chi connectivity index (χ4n) is 4.93. The molecule has 1 aliphatic heterocycles. The van der Waals surface area contributed by atoms with Crippen LogP contribution in [0.25, 0.3) is 0 Å². The maximum atomic E-state index is 14.7. The SMILES string of the molecule is CC1C2(CCNCC2)C1(C(=O)O)c1nc(OCc2ccc(Cl)cc2F)ncc1F. The molecule has 2 heterocycles. The van der Waals surface area contributed by atoms with Gasteiger partial charge in [-0.05, 0) is 49.4 Å². The number of rotatable bonds is 5. The molecule has 4 rings (SSSR count). The van der Waals surface area contributed by atoms with Gasteiger partial charge in [-0.1, -0.05) is 24.6 Å². The number of piperidine rings is 1. The first-order valence-electron chi connectivity index (χ1n) is 9.37. The first-order valence-corrected chi connectivity index (χ1v) is 9.74. The topological polar surface area (TPSA) is 84.3 Å². The minimum absolute atomic E-state index is 0.166. The highest BCUT2D eigenvalue weighted by Gasteiger charge is 2.80. The summed E-state index contributed by atoms with van der Waals surface area (Å²) in [6.45, 7) is 2.97. The van der Waals surface area contributed by atoms with Gasteiger partial charge in [0, 0.05) is 10.6 Å². The molecule has 1 aromatic carbocycles. The van der Waals surface area contributed by atoms with Gasteiger partial charge in [0.1, 0.15) is 23.5 Å². The van der Waals surface area contributed by atoms with Gasteiger partial charge in [-0.2, -0.15) is 4.98 Å². The minimum Gasteiger partial charge on any atom is -0.481 e. The Morgan fingerprint density at radius 3 is 2.72 bits per heavy atom. The molecule has 2 N–H and O–H groups in total. The second-order valence-electron chi connectivity index (χ2n) is 7.61. The molecule has 2 aliphatic rings. The monoisotopic (exact) mass is 423 g/mol. The van der Waals surface area contributed by atoms with Crippen molar-refractivity contribution in [3.63, 3.8) is 0 Å². The third kappa shape index (κ3) is 2.97. The zero-order chi connectivity index (χ0) is 20.8. The standard InChI is InChI=1S/C20H20ClF2N3O3/c1-11-19(4-6-24-7-5-19)20(11,17(27)28)16-15(23)9-25-18(26-16)29-10-12-2-3-13(21)8-14(12)22/h2-3,8-9,11,24H,4-7,10H2,1H3,(H,27,28). The van der Waals surface area contributed by atoms with Crippen molar-refractivity contribution in [2.24, 2.45) is 11.3 Å². The number of nitrogens with zero attached hydrogens (tertiary/aromatic N) is 2. The Kier molecular flexibility index (Phi) is 4.94. The van der Waals surface area contributed by atoms with Crippen LogP contribution in [0.1, 0.15) is 31.0 Å². The number of aromatic nitrogens is 2. The molecule has 6 nitrogen and oxygen atoms in total. The predicted octanol–water partition coefficient (Wildman–Crippen LogP) is 3.33. The van der Waals surface area contributed by atoms with Gasteiger partial charge in [0.05, 0.1) is 6.20 Å². The van der Waals surface area contributed by atoms with E-state index in [2.05, 4.69) is 15.3 Å². The first kappa shape index (κ1) is 20.0. The Balaban J connectivity index is 1.65. The van der Waals surface area contributed by atoms with Crippen LogP contribution in [0.15, 0.2) is 24.4 Å². The van der Waals surface area contributed by atoms with Gasteiger partial charge in [0.15, 0.2) is 5.82 Å². The van der Waals surface area contributed by atoms with Crippen molar-refractivity contribution < 1.29 is 23.4 Å². The molecule has 2 aromatic rings. The van der Waals surface area contributed by atoms with Crippen molar-refractivity contribution >= 4 is 17.6 Å². The summed E-state index contributed by atoms with van der Waals surface area (Å²) in [6.07, 6.45) is 2.16. The van der Waals surface area contributed by atoms with Crippen LogP contribution in [0, 0.1) is 23.0 Å². The van der Waals surface area contributed by atoms with Crippen LogP contribution in [-0.4, -0.2) is 34.1 Å². The molecular formula is C20H20ClF2N3O3. The van der Waals surface area contributed by atoms with Gasteiger partial charge in [-0.3, -0.25) is 4.79 Å². The Labute approximate surface area is 171 Å². The van der Waals surface area contributed by atoms with Crippen molar-refractivity contribution in [2.45, 2.75) is 31.8 Å². The van der Waals surface area contributed by atoms with Crippen LogP contribution in [-0.2, 0) is 16.8 Å². The lowest BCUT2D eigenvalue weighted by Gasteiger charge is -2.27. The van der Waals surface area contributed by atoms with Gasteiger partial charge in [-0.25, -0.2) is 13.8 Å². The van der Waals surface area contributed by atoms with E-state index in [4.69, 9.17) is 16.3 Å². The Morgan fingerprint density at radius 1 is 1.34 bits per heavy atom. The number of nitrogens with one attached hydrogen (secondary N) is 1. The second kappa shape index (κ2) is 7.18. The molecule has 1 aromatic heterocycles. The number of carboxylic acids is 1. The van der Waals surface area contributed by atoms with Crippen molar-refractivity contribution in [2.75, 3.05) is 13.1 Å². The van der Waals surface area contributed by atoms with Gasteiger partial charge in [-0.15, -0.1) is 0 Å². The Bertz CT molecular complexity index is 968. The summed E-state index contributed by atoms with van der Waals surface area (Å²) in [7, 11) is 0. The summed E-state index contributed by atoms with van der Waals surface area (Å²) in [5.74, 6) is -2.70.